The Morgan fingerprint density at radius 2 is 2.15 bits per heavy atom. The molecule has 0 bridgehead atoms. The minimum Gasteiger partial charge on any atom is -0.480 e. The summed E-state index contributed by atoms with van der Waals surface area (Å²) in [7, 11) is 0. The van der Waals surface area contributed by atoms with Gasteiger partial charge < -0.3 is 14.7 Å². The third-order valence-corrected chi connectivity index (χ3v) is 4.68. The SMILES string of the molecule is O=C(O)[C@@H]1CSCN1C(=O)C1OCCc2ccccc21. The van der Waals surface area contributed by atoms with Gasteiger partial charge in [-0.15, -0.1) is 11.8 Å². The molecule has 106 valence electrons. The average Bonchev–Trinajstić information content (AvgIpc) is 2.95. The lowest BCUT2D eigenvalue weighted by Gasteiger charge is -2.30. The predicted molar refractivity (Wildman–Crippen MR) is 74.4 cm³/mol. The molecule has 5 nitrogen and oxygen atoms in total. The first-order valence-corrected chi connectivity index (χ1v) is 7.64. The monoisotopic (exact) mass is 293 g/mol. The van der Waals surface area contributed by atoms with Gasteiger partial charge in [-0.25, -0.2) is 4.79 Å². The molecule has 3 rings (SSSR count). The number of aliphatic carboxylic acids is 1. The molecule has 2 heterocycles. The van der Waals surface area contributed by atoms with Crippen molar-refractivity contribution in [3.8, 4) is 0 Å². The number of carbonyl (C=O) groups is 2. The Labute approximate surface area is 120 Å². The number of thioether (sulfide) groups is 1. The van der Waals surface area contributed by atoms with Crippen molar-refractivity contribution in [3.05, 3.63) is 35.4 Å². The zero-order chi connectivity index (χ0) is 14.1. The summed E-state index contributed by atoms with van der Waals surface area (Å²) in [6, 6.07) is 6.95. The Morgan fingerprint density at radius 1 is 1.35 bits per heavy atom. The molecule has 0 radical (unpaired) electrons. The van der Waals surface area contributed by atoms with Gasteiger partial charge in [-0.1, -0.05) is 24.3 Å². The van der Waals surface area contributed by atoms with Crippen LogP contribution in [0, 0.1) is 0 Å². The molecule has 0 aromatic heterocycles. The molecule has 2 aliphatic rings. The number of hydrogen-bond acceptors (Lipinski definition) is 4. The average molecular weight is 293 g/mol. The van der Waals surface area contributed by atoms with Crippen molar-refractivity contribution < 1.29 is 19.4 Å². The maximum atomic E-state index is 12.6. The van der Waals surface area contributed by atoms with E-state index in [0.717, 1.165) is 17.5 Å². The lowest BCUT2D eigenvalue weighted by molar-refractivity contribution is -0.154. The Hall–Kier alpha value is -1.53. The molecule has 0 saturated carbocycles. The quantitative estimate of drug-likeness (QED) is 0.890. The fourth-order valence-electron chi connectivity index (χ4n) is 2.61. The van der Waals surface area contributed by atoms with Gasteiger partial charge in [-0.05, 0) is 17.5 Å². The maximum Gasteiger partial charge on any atom is 0.327 e. The second-order valence-electron chi connectivity index (χ2n) is 4.86. The number of carboxylic acid groups (broad SMARTS) is 1. The molecule has 0 aliphatic carbocycles. The van der Waals surface area contributed by atoms with E-state index in [0.29, 0.717) is 18.2 Å². The Morgan fingerprint density at radius 3 is 2.95 bits per heavy atom. The zero-order valence-corrected chi connectivity index (χ0v) is 11.6. The highest BCUT2D eigenvalue weighted by molar-refractivity contribution is 7.99. The number of hydrogen-bond donors (Lipinski definition) is 1. The first-order valence-electron chi connectivity index (χ1n) is 6.49. The van der Waals surface area contributed by atoms with Crippen molar-refractivity contribution in [2.75, 3.05) is 18.2 Å². The molecule has 1 N–H and O–H groups in total. The van der Waals surface area contributed by atoms with Gasteiger partial charge in [0, 0.05) is 5.75 Å². The summed E-state index contributed by atoms with van der Waals surface area (Å²) < 4.78 is 5.61. The number of ether oxygens (including phenoxy) is 1. The van der Waals surface area contributed by atoms with E-state index in [1.54, 1.807) is 0 Å². The van der Waals surface area contributed by atoms with Gasteiger partial charge in [0.1, 0.15) is 6.04 Å². The highest BCUT2D eigenvalue weighted by Gasteiger charge is 2.39. The number of carbonyl (C=O) groups excluding carboxylic acids is 1. The molecule has 1 aromatic rings. The number of amides is 1. The lowest BCUT2D eigenvalue weighted by Crippen LogP contribution is -2.45. The smallest absolute Gasteiger partial charge is 0.327 e. The summed E-state index contributed by atoms with van der Waals surface area (Å²) in [6.07, 6.45) is 0.123. The van der Waals surface area contributed by atoms with Crippen molar-refractivity contribution >= 4 is 23.6 Å². The topological polar surface area (TPSA) is 66.8 Å². The van der Waals surface area contributed by atoms with Crippen molar-refractivity contribution in [3.63, 3.8) is 0 Å². The largest absolute Gasteiger partial charge is 0.480 e. The van der Waals surface area contributed by atoms with Crippen LogP contribution in [0.2, 0.25) is 0 Å². The van der Waals surface area contributed by atoms with E-state index in [4.69, 9.17) is 4.74 Å². The number of benzene rings is 1. The molecule has 1 saturated heterocycles. The molecule has 1 aromatic carbocycles. The van der Waals surface area contributed by atoms with E-state index in [2.05, 4.69) is 0 Å². The molecule has 2 atom stereocenters. The first-order chi connectivity index (χ1) is 9.68. The van der Waals surface area contributed by atoms with E-state index >= 15 is 0 Å². The third kappa shape index (κ3) is 2.29. The maximum absolute atomic E-state index is 12.6. The fraction of sp³-hybridized carbons (Fsp3) is 0.429. The van der Waals surface area contributed by atoms with Crippen LogP contribution >= 0.6 is 11.8 Å². The van der Waals surface area contributed by atoms with Gasteiger partial charge in [0.25, 0.3) is 5.91 Å². The minimum atomic E-state index is -0.951. The number of nitrogens with zero attached hydrogens (tertiary/aromatic N) is 1. The van der Waals surface area contributed by atoms with Crippen molar-refractivity contribution in [1.82, 2.24) is 4.90 Å². The van der Waals surface area contributed by atoms with Crippen LogP contribution < -0.4 is 0 Å². The second kappa shape index (κ2) is 5.46. The molecule has 1 fully saturated rings. The Kier molecular flexibility index (Phi) is 3.67. The number of carboxylic acids is 1. The molecular formula is C14H15NO4S. The summed E-state index contributed by atoms with van der Waals surface area (Å²) in [4.78, 5) is 25.2. The summed E-state index contributed by atoms with van der Waals surface area (Å²) in [6.45, 7) is 0.492. The summed E-state index contributed by atoms with van der Waals surface area (Å²) in [5, 5.41) is 9.18. The van der Waals surface area contributed by atoms with Crippen LogP contribution in [-0.4, -0.2) is 46.2 Å². The standard InChI is InChI=1S/C14H15NO4S/c16-13(15-8-20-7-11(15)14(17)18)12-10-4-2-1-3-9(10)5-6-19-12/h1-4,11-12H,5-8H2,(H,17,18)/t11-,12?/m0/s1. The predicted octanol–water partition coefficient (Wildman–Crippen LogP) is 1.29. The zero-order valence-electron chi connectivity index (χ0n) is 10.8. The fourth-order valence-corrected chi connectivity index (χ4v) is 3.77. The Balaban J connectivity index is 1.87. The van der Waals surface area contributed by atoms with Crippen LogP contribution in [0.1, 0.15) is 17.2 Å². The summed E-state index contributed by atoms with van der Waals surface area (Å²) in [5.74, 6) is -0.338. The van der Waals surface area contributed by atoms with Crippen LogP contribution in [0.4, 0.5) is 0 Å². The van der Waals surface area contributed by atoms with E-state index in [1.165, 1.54) is 16.7 Å². The van der Waals surface area contributed by atoms with Crippen LogP contribution in [0.3, 0.4) is 0 Å². The van der Waals surface area contributed by atoms with E-state index < -0.39 is 18.1 Å². The highest BCUT2D eigenvalue weighted by Crippen LogP contribution is 2.32. The molecule has 1 unspecified atom stereocenters. The third-order valence-electron chi connectivity index (χ3n) is 3.67. The molecule has 2 aliphatic heterocycles. The first kappa shape index (κ1) is 13.5. The van der Waals surface area contributed by atoms with E-state index in [1.807, 2.05) is 24.3 Å². The summed E-state index contributed by atoms with van der Waals surface area (Å²) in [5.41, 5.74) is 1.97. The van der Waals surface area contributed by atoms with Crippen molar-refractivity contribution in [2.24, 2.45) is 0 Å². The minimum absolute atomic E-state index is 0.241. The van der Waals surface area contributed by atoms with Gasteiger partial charge in [0.15, 0.2) is 6.10 Å². The summed E-state index contributed by atoms with van der Waals surface area (Å²) >= 11 is 1.46. The highest BCUT2D eigenvalue weighted by atomic mass is 32.2. The Bertz CT molecular complexity index is 548. The van der Waals surface area contributed by atoms with Crippen LogP contribution in [-0.2, 0) is 20.7 Å². The molecule has 0 spiro atoms. The van der Waals surface area contributed by atoms with Gasteiger partial charge >= 0.3 is 5.97 Å². The van der Waals surface area contributed by atoms with Gasteiger partial charge in [0.2, 0.25) is 0 Å². The van der Waals surface area contributed by atoms with Gasteiger partial charge in [-0.3, -0.25) is 4.79 Å². The normalized spacial score (nSPS) is 25.3. The molecule has 6 heteroatoms. The second-order valence-corrected chi connectivity index (χ2v) is 5.86. The number of fused-ring (bicyclic) bond motifs is 1. The van der Waals surface area contributed by atoms with Crippen LogP contribution in [0.5, 0.6) is 0 Å². The number of rotatable bonds is 2. The van der Waals surface area contributed by atoms with Gasteiger partial charge in [0.05, 0.1) is 12.5 Å². The van der Waals surface area contributed by atoms with Crippen molar-refractivity contribution in [1.29, 1.82) is 0 Å². The van der Waals surface area contributed by atoms with Gasteiger partial charge in [-0.2, -0.15) is 0 Å². The van der Waals surface area contributed by atoms with Crippen LogP contribution in [0.15, 0.2) is 24.3 Å². The molecule has 20 heavy (non-hydrogen) atoms. The van der Waals surface area contributed by atoms with E-state index in [-0.39, 0.29) is 5.91 Å². The van der Waals surface area contributed by atoms with Crippen LogP contribution in [0.25, 0.3) is 0 Å². The van der Waals surface area contributed by atoms with Crippen molar-refractivity contribution in [2.45, 2.75) is 18.6 Å². The van der Waals surface area contributed by atoms with E-state index in [9.17, 15) is 14.7 Å². The lowest BCUT2D eigenvalue weighted by atomic mass is 9.96. The molecular weight excluding hydrogens is 278 g/mol. The molecule has 1 amide bonds.